The molecule has 6 aromatic carbocycles. The molecule has 0 spiro atoms. The highest BCUT2D eigenvalue weighted by molar-refractivity contribution is 9.10. The second-order valence-electron chi connectivity index (χ2n) is 11.6. The molecule has 2 N–H and O–H groups in total. The normalized spacial score (nSPS) is 12.4. The number of carbonyl (C=O) groups excluding carboxylic acids is 2. The molecule has 6 nitrogen and oxygen atoms in total. The minimum atomic E-state index is -0.631. The third-order valence-corrected chi connectivity index (χ3v) is 9.58. The molecule has 0 saturated heterocycles. The van der Waals surface area contributed by atoms with Crippen molar-refractivity contribution in [3.05, 3.63) is 177 Å². The van der Waals surface area contributed by atoms with Crippen LogP contribution in [-0.2, 0) is 15.0 Å². The van der Waals surface area contributed by atoms with Gasteiger partial charge in [-0.25, -0.2) is 0 Å². The van der Waals surface area contributed by atoms with E-state index in [0.717, 1.165) is 31.2 Å². The van der Waals surface area contributed by atoms with Gasteiger partial charge < -0.3 is 20.1 Å². The topological polar surface area (TPSA) is 76.7 Å². The number of rotatable bonds is 10. The molecule has 1 aliphatic rings. The molecule has 1 aliphatic carbocycles. The van der Waals surface area contributed by atoms with Gasteiger partial charge in [0.05, 0.1) is 5.41 Å². The summed E-state index contributed by atoms with van der Waals surface area (Å²) in [5.74, 6) is 0.742. The average Bonchev–Trinajstić information content (AvgIpc) is 3.43. The Morgan fingerprint density at radius 3 is 1.24 bits per heavy atom. The van der Waals surface area contributed by atoms with Crippen molar-refractivity contribution in [2.75, 3.05) is 23.8 Å². The molecular formula is C41H30Br2N2O4. The van der Waals surface area contributed by atoms with E-state index in [0.29, 0.717) is 22.9 Å². The fraction of sp³-hybridized carbons (Fsp3) is 0.0732. The van der Waals surface area contributed by atoms with Gasteiger partial charge in [0.1, 0.15) is 11.5 Å². The molecule has 0 atom stereocenters. The maximum Gasteiger partial charge on any atom is 0.262 e. The Hall–Kier alpha value is -5.18. The smallest absolute Gasteiger partial charge is 0.262 e. The molecule has 0 aliphatic heterocycles. The van der Waals surface area contributed by atoms with Crippen LogP contribution in [0, 0.1) is 0 Å². The molecule has 0 heterocycles. The van der Waals surface area contributed by atoms with Crippen LogP contribution in [0.1, 0.15) is 22.3 Å². The van der Waals surface area contributed by atoms with Crippen LogP contribution in [0.25, 0.3) is 11.1 Å². The summed E-state index contributed by atoms with van der Waals surface area (Å²) in [6.45, 7) is -0.208. The van der Waals surface area contributed by atoms with Crippen molar-refractivity contribution < 1.29 is 19.1 Å². The van der Waals surface area contributed by atoms with E-state index in [1.807, 2.05) is 72.8 Å². The summed E-state index contributed by atoms with van der Waals surface area (Å²) in [6.07, 6.45) is 0. The maximum absolute atomic E-state index is 12.8. The van der Waals surface area contributed by atoms with Crippen LogP contribution in [-0.4, -0.2) is 25.0 Å². The van der Waals surface area contributed by atoms with Crippen molar-refractivity contribution in [3.8, 4) is 22.6 Å². The molecule has 0 fully saturated rings. The van der Waals surface area contributed by atoms with Gasteiger partial charge in [0.25, 0.3) is 11.8 Å². The zero-order chi connectivity index (χ0) is 33.8. The molecule has 0 bridgehead atoms. The van der Waals surface area contributed by atoms with Crippen molar-refractivity contribution in [1.29, 1.82) is 0 Å². The zero-order valence-electron chi connectivity index (χ0n) is 26.2. The summed E-state index contributed by atoms with van der Waals surface area (Å²) in [5.41, 5.74) is 7.48. The molecule has 0 aromatic heterocycles. The van der Waals surface area contributed by atoms with Crippen LogP contribution >= 0.6 is 31.9 Å². The number of hydrogen-bond donors (Lipinski definition) is 2. The predicted molar refractivity (Wildman–Crippen MR) is 200 cm³/mol. The lowest BCUT2D eigenvalue weighted by Crippen LogP contribution is -2.28. The van der Waals surface area contributed by atoms with Gasteiger partial charge in [0.2, 0.25) is 0 Å². The second-order valence-corrected chi connectivity index (χ2v) is 13.4. The molecule has 0 saturated carbocycles. The van der Waals surface area contributed by atoms with E-state index in [4.69, 9.17) is 9.47 Å². The Bertz CT molecular complexity index is 1960. The summed E-state index contributed by atoms with van der Waals surface area (Å²) in [7, 11) is 0. The van der Waals surface area contributed by atoms with E-state index in [1.54, 1.807) is 0 Å². The first-order chi connectivity index (χ1) is 23.9. The maximum atomic E-state index is 12.8. The summed E-state index contributed by atoms with van der Waals surface area (Å²) < 4.78 is 13.2. The number of ether oxygens (including phenoxy) is 2. The van der Waals surface area contributed by atoms with Crippen molar-refractivity contribution >= 4 is 55.0 Å². The molecule has 0 unspecified atom stereocenters. The number of halogens is 2. The summed E-state index contributed by atoms with van der Waals surface area (Å²) in [6, 6.07) is 47.6. The number of amides is 2. The van der Waals surface area contributed by atoms with Crippen LogP contribution in [0.15, 0.2) is 155 Å². The Morgan fingerprint density at radius 2 is 0.857 bits per heavy atom. The molecule has 8 heteroatoms. The minimum absolute atomic E-state index is 0.104. The first-order valence-corrected chi connectivity index (χ1v) is 17.3. The molecule has 0 radical (unpaired) electrons. The number of nitrogens with one attached hydrogen (secondary N) is 2. The minimum Gasteiger partial charge on any atom is -0.484 e. The highest BCUT2D eigenvalue weighted by atomic mass is 79.9. The standard InChI is InChI=1S/C41H30Br2N2O4/c42-29-13-21-33(22-14-29)48-25-39(46)44-31-17-9-27(10-18-31)41(37-7-3-1-5-35(37)36-6-2-4-8-38(36)41)28-11-19-32(20-12-28)45-40(47)26-49-34-23-15-30(43)16-24-34/h1-24H,25-26H2,(H,44,46)(H,45,47). The van der Waals surface area contributed by atoms with Gasteiger partial charge in [-0.1, -0.05) is 105 Å². The highest BCUT2D eigenvalue weighted by Crippen LogP contribution is 2.56. The lowest BCUT2D eigenvalue weighted by molar-refractivity contribution is -0.118. The van der Waals surface area contributed by atoms with E-state index >= 15 is 0 Å². The van der Waals surface area contributed by atoms with Gasteiger partial charge >= 0.3 is 0 Å². The summed E-state index contributed by atoms with van der Waals surface area (Å²) >= 11 is 6.81. The highest BCUT2D eigenvalue weighted by Gasteiger charge is 2.45. The monoisotopic (exact) mass is 772 g/mol. The third kappa shape index (κ3) is 6.75. The van der Waals surface area contributed by atoms with E-state index in [1.165, 1.54) is 11.1 Å². The Kier molecular flexibility index (Phi) is 9.33. The van der Waals surface area contributed by atoms with Crippen LogP contribution in [0.2, 0.25) is 0 Å². The number of anilines is 2. The third-order valence-electron chi connectivity index (χ3n) is 8.52. The van der Waals surface area contributed by atoms with Gasteiger partial charge in [0.15, 0.2) is 13.2 Å². The quantitative estimate of drug-likeness (QED) is 0.145. The van der Waals surface area contributed by atoms with Gasteiger partial charge in [-0.15, -0.1) is 0 Å². The van der Waals surface area contributed by atoms with Gasteiger partial charge in [-0.3, -0.25) is 9.59 Å². The van der Waals surface area contributed by atoms with E-state index < -0.39 is 5.41 Å². The first-order valence-electron chi connectivity index (χ1n) is 15.7. The summed E-state index contributed by atoms with van der Waals surface area (Å²) in [4.78, 5) is 25.5. The SMILES string of the molecule is O=C(COc1ccc(Br)cc1)Nc1ccc(C2(c3ccc(NC(=O)COc4ccc(Br)cc4)cc3)c3ccccc3-c3ccccc32)cc1. The Balaban J connectivity index is 1.15. The molecule has 7 rings (SSSR count). The molecular weight excluding hydrogens is 744 g/mol. The van der Waals surface area contributed by atoms with Crippen LogP contribution < -0.4 is 20.1 Å². The van der Waals surface area contributed by atoms with Gasteiger partial charge in [0, 0.05) is 20.3 Å². The first kappa shape index (κ1) is 32.4. The van der Waals surface area contributed by atoms with Crippen molar-refractivity contribution in [2.24, 2.45) is 0 Å². The molecule has 242 valence electrons. The number of hydrogen-bond acceptors (Lipinski definition) is 4. The van der Waals surface area contributed by atoms with Crippen LogP contribution in [0.5, 0.6) is 11.5 Å². The second kappa shape index (κ2) is 14.1. The lowest BCUT2D eigenvalue weighted by Gasteiger charge is -2.34. The largest absolute Gasteiger partial charge is 0.484 e. The van der Waals surface area contributed by atoms with Gasteiger partial charge in [-0.05, 0) is 106 Å². The van der Waals surface area contributed by atoms with E-state index in [2.05, 4.69) is 115 Å². The Labute approximate surface area is 301 Å². The predicted octanol–water partition coefficient (Wildman–Crippen LogP) is 9.61. The van der Waals surface area contributed by atoms with E-state index in [9.17, 15) is 9.59 Å². The van der Waals surface area contributed by atoms with Crippen LogP contribution in [0.4, 0.5) is 11.4 Å². The number of benzene rings is 6. The van der Waals surface area contributed by atoms with Crippen LogP contribution in [0.3, 0.4) is 0 Å². The Morgan fingerprint density at radius 1 is 0.490 bits per heavy atom. The fourth-order valence-corrected chi connectivity index (χ4v) is 6.91. The molecule has 6 aromatic rings. The lowest BCUT2D eigenvalue weighted by atomic mass is 9.67. The van der Waals surface area contributed by atoms with Crippen molar-refractivity contribution in [2.45, 2.75) is 5.41 Å². The number of carbonyl (C=O) groups is 2. The zero-order valence-corrected chi connectivity index (χ0v) is 29.3. The molecule has 2 amide bonds. The average molecular weight is 775 g/mol. The fourth-order valence-electron chi connectivity index (χ4n) is 6.38. The van der Waals surface area contributed by atoms with Crippen molar-refractivity contribution in [3.63, 3.8) is 0 Å². The van der Waals surface area contributed by atoms with Gasteiger partial charge in [-0.2, -0.15) is 0 Å². The molecule has 49 heavy (non-hydrogen) atoms. The number of fused-ring (bicyclic) bond motifs is 3. The van der Waals surface area contributed by atoms with Crippen molar-refractivity contribution in [1.82, 2.24) is 0 Å². The van der Waals surface area contributed by atoms with E-state index in [-0.39, 0.29) is 25.0 Å². The summed E-state index contributed by atoms with van der Waals surface area (Å²) in [5, 5.41) is 5.91.